The smallest absolute Gasteiger partial charge is 0.355 e. The number of para-hydroxylation sites is 1. The molecule has 0 saturated carbocycles. The molecule has 5 rings (SSSR count). The first-order valence-corrected chi connectivity index (χ1v) is 13.7. The van der Waals surface area contributed by atoms with E-state index in [4.69, 9.17) is 5.26 Å². The van der Waals surface area contributed by atoms with Crippen molar-refractivity contribution in [1.82, 2.24) is 30.0 Å². The van der Waals surface area contributed by atoms with E-state index in [1.807, 2.05) is 29.1 Å². The van der Waals surface area contributed by atoms with Crippen LogP contribution in [0.3, 0.4) is 0 Å². The van der Waals surface area contributed by atoms with Crippen molar-refractivity contribution in [3.63, 3.8) is 0 Å². The Balaban J connectivity index is 1.29. The minimum atomic E-state index is -4.74. The lowest BCUT2D eigenvalue weighted by Crippen LogP contribution is -2.38. The van der Waals surface area contributed by atoms with Crippen molar-refractivity contribution < 1.29 is 22.8 Å². The highest BCUT2D eigenvalue weighted by Crippen LogP contribution is 2.36. The molecule has 14 heteroatoms. The Labute approximate surface area is 250 Å². The average molecular weight is 604 g/mol. The van der Waals surface area contributed by atoms with Gasteiger partial charge in [-0.3, -0.25) is 14.3 Å². The molecule has 2 aromatic carbocycles. The number of nitrogens with zero attached hydrogens (tertiary/aromatic N) is 6. The summed E-state index contributed by atoms with van der Waals surface area (Å²) in [7, 11) is 1.43. The van der Waals surface area contributed by atoms with E-state index < -0.39 is 23.5 Å². The zero-order valence-corrected chi connectivity index (χ0v) is 23.6. The fourth-order valence-electron chi connectivity index (χ4n) is 4.92. The van der Waals surface area contributed by atoms with Crippen LogP contribution in [0.2, 0.25) is 0 Å². The molecule has 1 aliphatic heterocycles. The number of rotatable bonds is 8. The molecule has 44 heavy (non-hydrogen) atoms. The van der Waals surface area contributed by atoms with Crippen LogP contribution in [-0.4, -0.2) is 56.6 Å². The number of hydrogen-bond donors (Lipinski definition) is 3. The van der Waals surface area contributed by atoms with E-state index in [1.54, 1.807) is 35.4 Å². The van der Waals surface area contributed by atoms with Crippen molar-refractivity contribution in [1.29, 1.82) is 5.26 Å². The molecule has 0 atom stereocenters. The first-order valence-electron chi connectivity index (χ1n) is 13.7. The topological polar surface area (TPSA) is 141 Å². The highest BCUT2D eigenvalue weighted by Gasteiger charge is 2.35. The fourth-order valence-corrected chi connectivity index (χ4v) is 4.92. The number of alkyl halides is 3. The minimum Gasteiger partial charge on any atom is -0.355 e. The molecule has 4 aromatic rings. The summed E-state index contributed by atoms with van der Waals surface area (Å²) in [6.07, 6.45) is 1.01. The summed E-state index contributed by atoms with van der Waals surface area (Å²) in [6, 6.07) is 15.4. The monoisotopic (exact) mass is 603 g/mol. The van der Waals surface area contributed by atoms with Gasteiger partial charge >= 0.3 is 6.18 Å². The Morgan fingerprint density at radius 1 is 1.02 bits per heavy atom. The van der Waals surface area contributed by atoms with Crippen LogP contribution in [0, 0.1) is 11.3 Å². The van der Waals surface area contributed by atoms with Gasteiger partial charge in [-0.05, 0) is 42.7 Å². The van der Waals surface area contributed by atoms with Crippen LogP contribution in [-0.2, 0) is 11.0 Å². The third kappa shape index (κ3) is 6.78. The predicted molar refractivity (Wildman–Crippen MR) is 156 cm³/mol. The Kier molecular flexibility index (Phi) is 8.75. The van der Waals surface area contributed by atoms with Crippen molar-refractivity contribution >= 4 is 35.0 Å². The number of likely N-dealkylation sites (tertiary alicyclic amines) is 1. The molecular formula is C30H28F3N9O2. The van der Waals surface area contributed by atoms with E-state index in [9.17, 15) is 22.8 Å². The number of hydrogen-bond acceptors (Lipinski definition) is 8. The first kappa shape index (κ1) is 30.0. The van der Waals surface area contributed by atoms with Crippen LogP contribution < -0.4 is 16.0 Å². The van der Waals surface area contributed by atoms with Crippen LogP contribution in [0.5, 0.6) is 0 Å². The van der Waals surface area contributed by atoms with Gasteiger partial charge in [0.2, 0.25) is 11.9 Å². The van der Waals surface area contributed by atoms with E-state index in [1.165, 1.54) is 19.2 Å². The number of nitriles is 1. The van der Waals surface area contributed by atoms with Crippen LogP contribution >= 0.6 is 0 Å². The van der Waals surface area contributed by atoms with Gasteiger partial charge in [-0.15, -0.1) is 0 Å². The maximum atomic E-state index is 13.8. The van der Waals surface area contributed by atoms with Gasteiger partial charge in [0.15, 0.2) is 0 Å². The number of carbonyl (C=O) groups excluding carboxylic acids is 2. The maximum absolute atomic E-state index is 13.8. The summed E-state index contributed by atoms with van der Waals surface area (Å²) in [5.74, 6) is -1.19. The zero-order valence-electron chi connectivity index (χ0n) is 23.6. The van der Waals surface area contributed by atoms with Gasteiger partial charge in [0, 0.05) is 43.8 Å². The van der Waals surface area contributed by atoms with E-state index in [2.05, 4.69) is 31.0 Å². The highest BCUT2D eigenvalue weighted by atomic mass is 19.4. The first-order chi connectivity index (χ1) is 21.2. The largest absolute Gasteiger partial charge is 0.421 e. The summed E-state index contributed by atoms with van der Waals surface area (Å²) in [4.78, 5) is 33.9. The second-order valence-corrected chi connectivity index (χ2v) is 10.1. The molecule has 2 aromatic heterocycles. The number of anilines is 4. The Bertz CT molecular complexity index is 1690. The van der Waals surface area contributed by atoms with Gasteiger partial charge in [0.1, 0.15) is 17.8 Å². The molecule has 0 spiro atoms. The maximum Gasteiger partial charge on any atom is 0.421 e. The van der Waals surface area contributed by atoms with Crippen molar-refractivity contribution in [3.05, 3.63) is 78.2 Å². The van der Waals surface area contributed by atoms with E-state index in [-0.39, 0.29) is 35.6 Å². The molecule has 1 fully saturated rings. The second-order valence-electron chi connectivity index (χ2n) is 10.1. The molecule has 11 nitrogen and oxygen atoms in total. The molecule has 0 unspecified atom stereocenters. The number of piperidine rings is 1. The Hall–Kier alpha value is -5.45. The van der Waals surface area contributed by atoms with Gasteiger partial charge in [0.25, 0.3) is 5.91 Å². The molecule has 3 N–H and O–H groups in total. The molecular weight excluding hydrogens is 575 g/mol. The van der Waals surface area contributed by atoms with Gasteiger partial charge in [-0.2, -0.15) is 28.5 Å². The summed E-state index contributed by atoms with van der Waals surface area (Å²) in [5.41, 5.74) is 1.54. The fraction of sp³-hybridized carbons (Fsp3) is 0.267. The number of carbonyl (C=O) groups is 2. The molecule has 0 radical (unpaired) electrons. The molecule has 1 aliphatic rings. The predicted octanol–water partition coefficient (Wildman–Crippen LogP) is 5.28. The van der Waals surface area contributed by atoms with E-state index >= 15 is 0 Å². The van der Waals surface area contributed by atoms with Crippen molar-refractivity contribution in [2.75, 3.05) is 30.8 Å². The zero-order chi connectivity index (χ0) is 31.3. The third-order valence-electron chi connectivity index (χ3n) is 7.24. The van der Waals surface area contributed by atoms with Crippen LogP contribution in [0.15, 0.2) is 67.1 Å². The number of halogens is 3. The van der Waals surface area contributed by atoms with Gasteiger partial charge < -0.3 is 20.9 Å². The summed E-state index contributed by atoms with van der Waals surface area (Å²) in [5, 5.41) is 21.3. The summed E-state index contributed by atoms with van der Waals surface area (Å²) < 4.78 is 43.2. The number of benzene rings is 2. The summed E-state index contributed by atoms with van der Waals surface area (Å²) in [6.45, 7) is 1.15. The van der Waals surface area contributed by atoms with Gasteiger partial charge in [-0.25, -0.2) is 4.98 Å². The molecule has 0 aliphatic carbocycles. The molecule has 1 saturated heterocycles. The lowest BCUT2D eigenvalue weighted by atomic mass is 10.0. The Morgan fingerprint density at radius 3 is 2.43 bits per heavy atom. The number of amides is 2. The van der Waals surface area contributed by atoms with Crippen molar-refractivity contribution in [3.8, 4) is 17.2 Å². The lowest BCUT2D eigenvalue weighted by Gasteiger charge is -2.31. The normalized spacial score (nSPS) is 13.7. The van der Waals surface area contributed by atoms with Gasteiger partial charge in [-0.1, -0.05) is 24.3 Å². The minimum absolute atomic E-state index is 0.0712. The van der Waals surface area contributed by atoms with Gasteiger partial charge in [0.05, 0.1) is 29.6 Å². The number of nitrogens with one attached hydrogen (secondary N) is 3. The Morgan fingerprint density at radius 2 is 1.75 bits per heavy atom. The molecule has 226 valence electrons. The van der Waals surface area contributed by atoms with E-state index in [0.29, 0.717) is 25.0 Å². The molecule has 2 amide bonds. The van der Waals surface area contributed by atoms with Crippen molar-refractivity contribution in [2.45, 2.75) is 31.5 Å². The standard InChI is InChI=1S/C30H28F3N9O2/c1-35-28(44)23-4-2-3-5-25(23)39-27-24(30(31,32)33)17-36-29(40-27)38-21-8-6-19(7-9-21)20-16-37-42(18-20)22-11-14-41(15-12-22)26(43)10-13-34/h2-9,16-18,22H,10-12,14-15H2,1H3,(H,35,44)(H2,36,38,39,40). The molecule has 0 bridgehead atoms. The highest BCUT2D eigenvalue weighted by molar-refractivity contribution is 6.00. The third-order valence-corrected chi connectivity index (χ3v) is 7.24. The van der Waals surface area contributed by atoms with Crippen molar-refractivity contribution in [2.24, 2.45) is 0 Å². The van der Waals surface area contributed by atoms with Crippen LogP contribution in [0.1, 0.15) is 41.2 Å². The van der Waals surface area contributed by atoms with Crippen LogP contribution in [0.4, 0.5) is 36.3 Å². The second kappa shape index (κ2) is 12.8. The lowest BCUT2D eigenvalue weighted by molar-refractivity contribution is -0.137. The molecule has 3 heterocycles. The van der Waals surface area contributed by atoms with Crippen LogP contribution in [0.25, 0.3) is 11.1 Å². The SMILES string of the molecule is CNC(=O)c1ccccc1Nc1nc(Nc2ccc(-c3cnn(C4CCN(C(=O)CC#N)CC4)c3)cc2)ncc1C(F)(F)F. The summed E-state index contributed by atoms with van der Waals surface area (Å²) >= 11 is 0. The average Bonchev–Trinajstić information content (AvgIpc) is 3.52. The van der Waals surface area contributed by atoms with E-state index in [0.717, 1.165) is 24.0 Å². The quantitative estimate of drug-likeness (QED) is 0.247. The number of aromatic nitrogens is 4.